The molecule has 0 N–H and O–H groups in total. The number of benzene rings is 1. The number of hydrogen-bond acceptors (Lipinski definition) is 2. The molecule has 0 unspecified atom stereocenters. The van der Waals surface area contributed by atoms with Crippen LogP contribution in [-0.2, 0) is 22.1 Å². The minimum absolute atomic E-state index is 0.0892. The highest BCUT2D eigenvalue weighted by Gasteiger charge is 2.30. The van der Waals surface area contributed by atoms with Crippen LogP contribution in [0.5, 0.6) is 0 Å². The Bertz CT molecular complexity index is 446. The molecule has 0 bridgehead atoms. The van der Waals surface area contributed by atoms with Crippen molar-refractivity contribution >= 4 is 5.91 Å². The van der Waals surface area contributed by atoms with Gasteiger partial charge in [-0.2, -0.15) is 13.2 Å². The highest BCUT2D eigenvalue weighted by Crippen LogP contribution is 2.29. The summed E-state index contributed by atoms with van der Waals surface area (Å²) in [7, 11) is 3.00. The van der Waals surface area contributed by atoms with Crippen LogP contribution >= 0.6 is 0 Å². The van der Waals surface area contributed by atoms with Gasteiger partial charge in [-0.15, -0.1) is 0 Å². The van der Waals surface area contributed by atoms with E-state index in [1.165, 1.54) is 24.1 Å². The van der Waals surface area contributed by atoms with Crippen LogP contribution in [0, 0.1) is 0 Å². The van der Waals surface area contributed by atoms with E-state index in [-0.39, 0.29) is 12.3 Å². The lowest BCUT2D eigenvalue weighted by atomic mass is 10.1. The molecule has 0 aliphatic heterocycles. The van der Waals surface area contributed by atoms with Crippen molar-refractivity contribution in [1.82, 2.24) is 4.90 Å². The molecule has 0 saturated carbocycles. The number of nitrogens with zero attached hydrogens (tertiary/aromatic N) is 1. The maximum Gasteiger partial charge on any atom is 0.416 e. The van der Waals surface area contributed by atoms with Crippen LogP contribution in [0.4, 0.5) is 13.2 Å². The number of likely N-dealkylation sites (N-methyl/N-ethyl adjacent to an activating group) is 1. The summed E-state index contributed by atoms with van der Waals surface area (Å²) in [4.78, 5) is 13.2. The van der Waals surface area contributed by atoms with Gasteiger partial charge in [0.1, 0.15) is 6.23 Å². The van der Waals surface area contributed by atoms with Crippen LogP contribution in [-0.4, -0.2) is 31.2 Å². The number of carbonyl (C=O) groups is 1. The van der Waals surface area contributed by atoms with Crippen molar-refractivity contribution in [1.29, 1.82) is 0 Å². The third-order valence-electron chi connectivity index (χ3n) is 2.89. The number of methoxy groups -OCH3 is 1. The average molecular weight is 275 g/mol. The lowest BCUT2D eigenvalue weighted by Crippen LogP contribution is -2.37. The number of amides is 1. The van der Waals surface area contributed by atoms with Crippen LogP contribution in [0.1, 0.15) is 18.1 Å². The highest BCUT2D eigenvalue weighted by atomic mass is 19.4. The average Bonchev–Trinajstić information content (AvgIpc) is 2.36. The Morgan fingerprint density at radius 2 is 2.05 bits per heavy atom. The molecule has 1 rings (SSSR count). The van der Waals surface area contributed by atoms with E-state index in [9.17, 15) is 18.0 Å². The predicted octanol–water partition coefficient (Wildman–Crippen LogP) is 2.70. The van der Waals surface area contributed by atoms with Crippen LogP contribution in [0.25, 0.3) is 0 Å². The van der Waals surface area contributed by atoms with E-state index >= 15 is 0 Å². The van der Waals surface area contributed by atoms with E-state index in [1.807, 2.05) is 0 Å². The van der Waals surface area contributed by atoms with Gasteiger partial charge in [-0.25, -0.2) is 0 Å². The Balaban J connectivity index is 2.80. The minimum Gasteiger partial charge on any atom is -0.362 e. The molecular weight excluding hydrogens is 259 g/mol. The molecule has 0 aliphatic rings. The summed E-state index contributed by atoms with van der Waals surface area (Å²) < 4.78 is 42.6. The van der Waals surface area contributed by atoms with E-state index in [2.05, 4.69) is 0 Å². The number of carbonyl (C=O) groups excluding carboxylic acids is 1. The number of alkyl halides is 3. The molecule has 0 aromatic heterocycles. The van der Waals surface area contributed by atoms with Gasteiger partial charge in [0.15, 0.2) is 0 Å². The molecule has 106 valence electrons. The molecule has 1 aromatic rings. The molecule has 0 spiro atoms. The van der Waals surface area contributed by atoms with Gasteiger partial charge in [0, 0.05) is 14.2 Å². The maximum absolute atomic E-state index is 12.5. The fourth-order valence-corrected chi connectivity index (χ4v) is 1.52. The quantitative estimate of drug-likeness (QED) is 0.791. The van der Waals surface area contributed by atoms with Crippen LogP contribution < -0.4 is 0 Å². The van der Waals surface area contributed by atoms with Gasteiger partial charge >= 0.3 is 6.18 Å². The third kappa shape index (κ3) is 4.24. The first kappa shape index (κ1) is 15.5. The Labute approximate surface area is 110 Å². The zero-order valence-electron chi connectivity index (χ0n) is 11.0. The second-order valence-corrected chi connectivity index (χ2v) is 4.21. The Morgan fingerprint density at radius 3 is 2.58 bits per heavy atom. The van der Waals surface area contributed by atoms with Gasteiger partial charge in [-0.1, -0.05) is 18.2 Å². The summed E-state index contributed by atoms with van der Waals surface area (Å²) in [5, 5.41) is 0. The van der Waals surface area contributed by atoms with Crippen LogP contribution in [0.2, 0.25) is 0 Å². The van der Waals surface area contributed by atoms with Crippen molar-refractivity contribution in [2.24, 2.45) is 0 Å². The number of halogens is 3. The van der Waals surface area contributed by atoms with Gasteiger partial charge in [0.05, 0.1) is 12.0 Å². The second-order valence-electron chi connectivity index (χ2n) is 4.21. The van der Waals surface area contributed by atoms with Crippen molar-refractivity contribution in [2.45, 2.75) is 25.7 Å². The maximum atomic E-state index is 12.5. The summed E-state index contributed by atoms with van der Waals surface area (Å²) in [5.74, 6) is -0.298. The summed E-state index contributed by atoms with van der Waals surface area (Å²) >= 11 is 0. The fraction of sp³-hybridized carbons (Fsp3) is 0.462. The van der Waals surface area contributed by atoms with Crippen molar-refractivity contribution in [3.8, 4) is 0 Å². The molecule has 0 heterocycles. The monoisotopic (exact) mass is 275 g/mol. The SMILES string of the molecule is CO[C@@H](C)N(C)C(=O)Cc1cccc(C(F)(F)F)c1. The van der Waals surface area contributed by atoms with E-state index in [4.69, 9.17) is 4.74 Å². The van der Waals surface area contributed by atoms with Crippen molar-refractivity contribution in [2.75, 3.05) is 14.2 Å². The first-order chi connectivity index (χ1) is 8.75. The van der Waals surface area contributed by atoms with Gasteiger partial charge in [0.25, 0.3) is 0 Å². The Hall–Kier alpha value is -1.56. The molecule has 0 radical (unpaired) electrons. The summed E-state index contributed by atoms with van der Waals surface area (Å²) in [6, 6.07) is 4.77. The zero-order chi connectivity index (χ0) is 14.6. The van der Waals surface area contributed by atoms with E-state index in [1.54, 1.807) is 14.0 Å². The number of hydrogen-bond donors (Lipinski definition) is 0. The molecule has 0 aliphatic carbocycles. The first-order valence-corrected chi connectivity index (χ1v) is 5.70. The van der Waals surface area contributed by atoms with Gasteiger partial charge in [-0.3, -0.25) is 4.79 Å². The molecule has 0 saturated heterocycles. The Morgan fingerprint density at radius 1 is 1.42 bits per heavy atom. The zero-order valence-corrected chi connectivity index (χ0v) is 11.0. The number of rotatable bonds is 4. The molecule has 19 heavy (non-hydrogen) atoms. The fourth-order valence-electron chi connectivity index (χ4n) is 1.52. The van der Waals surface area contributed by atoms with Gasteiger partial charge in [0.2, 0.25) is 5.91 Å². The topological polar surface area (TPSA) is 29.5 Å². The summed E-state index contributed by atoms with van der Waals surface area (Å²) in [6.45, 7) is 1.68. The molecule has 1 atom stereocenters. The molecule has 1 amide bonds. The van der Waals surface area contributed by atoms with Crippen molar-refractivity contribution < 1.29 is 22.7 Å². The smallest absolute Gasteiger partial charge is 0.362 e. The predicted molar refractivity (Wildman–Crippen MR) is 64.4 cm³/mol. The number of ether oxygens (including phenoxy) is 1. The molecular formula is C13H16F3NO2. The summed E-state index contributed by atoms with van der Waals surface area (Å²) in [5.41, 5.74) is -0.421. The van der Waals surface area contributed by atoms with E-state index in [0.717, 1.165) is 12.1 Å². The van der Waals surface area contributed by atoms with Crippen LogP contribution in [0.3, 0.4) is 0 Å². The first-order valence-electron chi connectivity index (χ1n) is 5.70. The molecule has 6 heteroatoms. The standard InChI is InChI=1S/C13H16F3NO2/c1-9(19-3)17(2)12(18)8-10-5-4-6-11(7-10)13(14,15)16/h4-7,9H,8H2,1-3H3/t9-/m0/s1. The molecule has 3 nitrogen and oxygen atoms in total. The second kappa shape index (κ2) is 6.06. The molecule has 1 aromatic carbocycles. The normalized spacial score (nSPS) is 13.2. The molecule has 0 fully saturated rings. The van der Waals surface area contributed by atoms with Crippen molar-refractivity contribution in [3.63, 3.8) is 0 Å². The Kier molecular flexibility index (Phi) is 4.94. The van der Waals surface area contributed by atoms with E-state index in [0.29, 0.717) is 5.56 Å². The largest absolute Gasteiger partial charge is 0.416 e. The minimum atomic E-state index is -4.40. The van der Waals surface area contributed by atoms with Crippen molar-refractivity contribution in [3.05, 3.63) is 35.4 Å². The lowest BCUT2D eigenvalue weighted by molar-refractivity contribution is -0.140. The lowest BCUT2D eigenvalue weighted by Gasteiger charge is -2.23. The van der Waals surface area contributed by atoms with E-state index < -0.39 is 18.0 Å². The van der Waals surface area contributed by atoms with Crippen LogP contribution in [0.15, 0.2) is 24.3 Å². The van der Waals surface area contributed by atoms with Gasteiger partial charge < -0.3 is 9.64 Å². The highest BCUT2D eigenvalue weighted by molar-refractivity contribution is 5.78. The summed E-state index contributed by atoms with van der Waals surface area (Å²) in [6.07, 6.45) is -4.91. The third-order valence-corrected chi connectivity index (χ3v) is 2.89. The van der Waals surface area contributed by atoms with Gasteiger partial charge in [-0.05, 0) is 18.6 Å².